The van der Waals surface area contributed by atoms with Crippen molar-refractivity contribution >= 4 is 5.69 Å². The lowest BCUT2D eigenvalue weighted by molar-refractivity contribution is 0.475. The van der Waals surface area contributed by atoms with Gasteiger partial charge in [-0.2, -0.15) is 5.10 Å². The molecule has 2 aromatic heterocycles. The van der Waals surface area contributed by atoms with Crippen molar-refractivity contribution < 1.29 is 4.74 Å². The summed E-state index contributed by atoms with van der Waals surface area (Å²) in [7, 11) is 0. The number of nitrogens with zero attached hydrogens (tertiary/aromatic N) is 3. The minimum atomic E-state index is 0.327. The van der Waals surface area contributed by atoms with E-state index in [0.29, 0.717) is 11.8 Å². The smallest absolute Gasteiger partial charge is 0.165 e. The highest BCUT2D eigenvalue weighted by molar-refractivity contribution is 5.45. The fraction of sp³-hybridized carbons (Fsp3) is 0.429. The van der Waals surface area contributed by atoms with Crippen molar-refractivity contribution in [2.24, 2.45) is 0 Å². The van der Waals surface area contributed by atoms with Gasteiger partial charge in [0.2, 0.25) is 0 Å². The van der Waals surface area contributed by atoms with Crippen LogP contribution in [0.1, 0.15) is 33.2 Å². The van der Waals surface area contributed by atoms with Gasteiger partial charge in [-0.25, -0.2) is 0 Å². The Balaban J connectivity index is 2.05. The quantitative estimate of drug-likeness (QED) is 0.864. The molecule has 0 spiro atoms. The first-order valence-electron chi connectivity index (χ1n) is 6.60. The Labute approximate surface area is 113 Å². The number of aromatic nitrogens is 3. The van der Waals surface area contributed by atoms with Gasteiger partial charge in [0.05, 0.1) is 30.5 Å². The van der Waals surface area contributed by atoms with Crippen LogP contribution in [-0.2, 0) is 0 Å². The summed E-state index contributed by atoms with van der Waals surface area (Å²) in [5.41, 5.74) is 0.968. The largest absolute Gasteiger partial charge is 0.452 e. The molecule has 0 unspecified atom stereocenters. The highest BCUT2D eigenvalue weighted by Gasteiger charge is 2.04. The molecule has 0 fully saturated rings. The van der Waals surface area contributed by atoms with Gasteiger partial charge in [-0.05, 0) is 20.3 Å². The summed E-state index contributed by atoms with van der Waals surface area (Å²) in [5, 5.41) is 7.52. The van der Waals surface area contributed by atoms with E-state index in [1.54, 1.807) is 18.6 Å². The van der Waals surface area contributed by atoms with Crippen LogP contribution in [0.5, 0.6) is 11.5 Å². The van der Waals surface area contributed by atoms with E-state index >= 15 is 0 Å². The van der Waals surface area contributed by atoms with Crippen molar-refractivity contribution in [2.45, 2.75) is 33.2 Å². The SMILES string of the molecule is CCCNc1cncc(Oc2cnn(C(C)C)c2)c1. The fourth-order valence-electron chi connectivity index (χ4n) is 1.63. The minimum absolute atomic E-state index is 0.327. The molecule has 0 bridgehead atoms. The molecule has 0 radical (unpaired) electrons. The molecule has 0 atom stereocenters. The summed E-state index contributed by atoms with van der Waals surface area (Å²) >= 11 is 0. The zero-order valence-corrected chi connectivity index (χ0v) is 11.6. The lowest BCUT2D eigenvalue weighted by Gasteiger charge is -2.07. The molecule has 5 nitrogen and oxygen atoms in total. The number of ether oxygens (including phenoxy) is 1. The number of hydrogen-bond acceptors (Lipinski definition) is 4. The summed E-state index contributed by atoms with van der Waals surface area (Å²) in [4.78, 5) is 4.16. The number of pyridine rings is 1. The second-order valence-electron chi connectivity index (χ2n) is 4.69. The first-order valence-corrected chi connectivity index (χ1v) is 6.60. The van der Waals surface area contributed by atoms with Gasteiger partial charge in [0.1, 0.15) is 5.75 Å². The third kappa shape index (κ3) is 3.71. The zero-order valence-electron chi connectivity index (χ0n) is 11.6. The van der Waals surface area contributed by atoms with Gasteiger partial charge in [-0.15, -0.1) is 0 Å². The summed E-state index contributed by atoms with van der Waals surface area (Å²) in [6.45, 7) is 7.21. The monoisotopic (exact) mass is 260 g/mol. The molecule has 19 heavy (non-hydrogen) atoms. The normalized spacial score (nSPS) is 10.7. The molecular weight excluding hydrogens is 240 g/mol. The van der Waals surface area contributed by atoms with Crippen LogP contribution in [0.25, 0.3) is 0 Å². The van der Waals surface area contributed by atoms with Gasteiger partial charge < -0.3 is 10.1 Å². The van der Waals surface area contributed by atoms with Crippen molar-refractivity contribution in [2.75, 3.05) is 11.9 Å². The van der Waals surface area contributed by atoms with E-state index in [1.807, 2.05) is 16.9 Å². The molecule has 2 aromatic rings. The Bertz CT molecular complexity index is 522. The van der Waals surface area contributed by atoms with Crippen molar-refractivity contribution in [3.63, 3.8) is 0 Å². The minimum Gasteiger partial charge on any atom is -0.452 e. The molecule has 0 saturated heterocycles. The van der Waals surface area contributed by atoms with Crippen molar-refractivity contribution in [1.82, 2.24) is 14.8 Å². The molecule has 0 aliphatic carbocycles. The molecule has 2 heterocycles. The molecule has 0 saturated carbocycles. The summed E-state index contributed by atoms with van der Waals surface area (Å²) in [6, 6.07) is 2.27. The number of hydrogen-bond donors (Lipinski definition) is 1. The maximum absolute atomic E-state index is 5.74. The van der Waals surface area contributed by atoms with Crippen LogP contribution in [0.3, 0.4) is 0 Å². The van der Waals surface area contributed by atoms with Crippen molar-refractivity contribution in [3.8, 4) is 11.5 Å². The van der Waals surface area contributed by atoms with Gasteiger partial charge >= 0.3 is 0 Å². The molecule has 1 N–H and O–H groups in total. The third-order valence-electron chi connectivity index (χ3n) is 2.63. The highest BCUT2D eigenvalue weighted by atomic mass is 16.5. The van der Waals surface area contributed by atoms with Crippen molar-refractivity contribution in [1.29, 1.82) is 0 Å². The molecule has 102 valence electrons. The van der Waals surface area contributed by atoms with Gasteiger partial charge in [0.15, 0.2) is 5.75 Å². The van der Waals surface area contributed by atoms with E-state index in [1.165, 1.54) is 0 Å². The number of anilines is 1. The Kier molecular flexibility index (Phi) is 4.39. The van der Waals surface area contributed by atoms with Gasteiger partial charge in [-0.3, -0.25) is 9.67 Å². The average molecular weight is 260 g/mol. The fourth-order valence-corrected chi connectivity index (χ4v) is 1.63. The molecule has 0 amide bonds. The molecule has 0 aliphatic heterocycles. The first-order chi connectivity index (χ1) is 9.19. The summed E-state index contributed by atoms with van der Waals surface area (Å²) in [6.07, 6.45) is 8.17. The number of nitrogens with one attached hydrogen (secondary N) is 1. The zero-order chi connectivity index (χ0) is 13.7. The van der Waals surface area contributed by atoms with E-state index in [-0.39, 0.29) is 0 Å². The van der Waals surface area contributed by atoms with Crippen LogP contribution in [0.15, 0.2) is 30.9 Å². The summed E-state index contributed by atoms with van der Waals surface area (Å²) in [5.74, 6) is 1.44. The second kappa shape index (κ2) is 6.22. The maximum atomic E-state index is 5.74. The Hall–Kier alpha value is -2.04. The molecular formula is C14H20N4O. The molecule has 0 aromatic carbocycles. The van der Waals surface area contributed by atoms with Crippen molar-refractivity contribution in [3.05, 3.63) is 30.9 Å². The Morgan fingerprint density at radius 3 is 2.79 bits per heavy atom. The van der Waals surface area contributed by atoms with Gasteiger partial charge in [0.25, 0.3) is 0 Å². The van der Waals surface area contributed by atoms with Crippen LogP contribution >= 0.6 is 0 Å². The average Bonchev–Trinajstić information content (AvgIpc) is 2.85. The second-order valence-corrected chi connectivity index (χ2v) is 4.69. The van der Waals surface area contributed by atoms with Crippen LogP contribution in [0, 0.1) is 0 Å². The van der Waals surface area contributed by atoms with Gasteiger partial charge in [-0.1, -0.05) is 6.92 Å². The van der Waals surface area contributed by atoms with E-state index in [9.17, 15) is 0 Å². The molecule has 0 aliphatic rings. The Morgan fingerprint density at radius 1 is 1.26 bits per heavy atom. The number of rotatable bonds is 6. The summed E-state index contributed by atoms with van der Waals surface area (Å²) < 4.78 is 7.61. The lowest BCUT2D eigenvalue weighted by atomic mass is 10.3. The Morgan fingerprint density at radius 2 is 2.11 bits per heavy atom. The van der Waals surface area contributed by atoms with E-state index in [2.05, 4.69) is 36.2 Å². The van der Waals surface area contributed by atoms with Crippen LogP contribution < -0.4 is 10.1 Å². The lowest BCUT2D eigenvalue weighted by Crippen LogP contribution is -2.00. The van der Waals surface area contributed by atoms with Crippen LogP contribution in [0.4, 0.5) is 5.69 Å². The van der Waals surface area contributed by atoms with E-state index < -0.39 is 0 Å². The predicted octanol–water partition coefficient (Wildman–Crippen LogP) is 3.47. The van der Waals surface area contributed by atoms with E-state index in [4.69, 9.17) is 4.74 Å². The van der Waals surface area contributed by atoms with Crippen LogP contribution in [-0.4, -0.2) is 21.3 Å². The van der Waals surface area contributed by atoms with E-state index in [0.717, 1.165) is 24.4 Å². The highest BCUT2D eigenvalue weighted by Crippen LogP contribution is 2.23. The van der Waals surface area contributed by atoms with Gasteiger partial charge in [0, 0.05) is 18.7 Å². The predicted molar refractivity (Wildman–Crippen MR) is 75.7 cm³/mol. The molecule has 2 rings (SSSR count). The standard InChI is InChI=1S/C14H20N4O/c1-4-5-16-12-6-13(8-15-7-12)19-14-9-17-18(10-14)11(2)3/h6-11,16H,4-5H2,1-3H3. The topological polar surface area (TPSA) is 52.0 Å². The van der Waals surface area contributed by atoms with Crippen LogP contribution in [0.2, 0.25) is 0 Å². The third-order valence-corrected chi connectivity index (χ3v) is 2.63. The first kappa shape index (κ1) is 13.4. The molecule has 5 heteroatoms. The maximum Gasteiger partial charge on any atom is 0.165 e.